The Balaban J connectivity index is 1.39. The molecule has 1 saturated heterocycles. The SMILES string of the molecule is NC(=S)NN=Cc1ccc(CN2CCN(CCc3ccccc3)CC2)o1. The van der Waals surface area contributed by atoms with E-state index in [2.05, 4.69) is 50.7 Å². The zero-order valence-corrected chi connectivity index (χ0v) is 15.6. The van der Waals surface area contributed by atoms with Crippen LogP contribution < -0.4 is 11.2 Å². The van der Waals surface area contributed by atoms with Gasteiger partial charge in [0.15, 0.2) is 5.11 Å². The summed E-state index contributed by atoms with van der Waals surface area (Å²) in [4.78, 5) is 4.96. The van der Waals surface area contributed by atoms with Crippen molar-refractivity contribution in [2.75, 3.05) is 32.7 Å². The molecule has 2 heterocycles. The van der Waals surface area contributed by atoms with Gasteiger partial charge < -0.3 is 15.1 Å². The van der Waals surface area contributed by atoms with Crippen LogP contribution in [0.1, 0.15) is 17.1 Å². The summed E-state index contributed by atoms with van der Waals surface area (Å²) in [6.07, 6.45) is 2.69. The first kappa shape index (κ1) is 18.6. The van der Waals surface area contributed by atoms with Gasteiger partial charge in [-0.3, -0.25) is 10.3 Å². The maximum Gasteiger partial charge on any atom is 0.184 e. The summed E-state index contributed by atoms with van der Waals surface area (Å²) in [6, 6.07) is 14.6. The van der Waals surface area contributed by atoms with E-state index in [1.165, 1.54) is 5.56 Å². The van der Waals surface area contributed by atoms with Crippen LogP contribution in [0.5, 0.6) is 0 Å². The molecule has 0 atom stereocenters. The molecule has 1 aliphatic heterocycles. The van der Waals surface area contributed by atoms with Crippen molar-refractivity contribution in [3.05, 3.63) is 59.5 Å². The maximum absolute atomic E-state index is 5.77. The minimum absolute atomic E-state index is 0.137. The van der Waals surface area contributed by atoms with E-state index in [4.69, 9.17) is 22.4 Å². The number of hydrazone groups is 1. The Morgan fingerprint density at radius 3 is 2.58 bits per heavy atom. The summed E-state index contributed by atoms with van der Waals surface area (Å²) < 4.78 is 5.77. The van der Waals surface area contributed by atoms with E-state index in [9.17, 15) is 0 Å². The summed E-state index contributed by atoms with van der Waals surface area (Å²) in [7, 11) is 0. The first-order valence-corrected chi connectivity index (χ1v) is 9.26. The number of nitrogens with two attached hydrogens (primary N) is 1. The Kier molecular flexibility index (Phi) is 6.76. The molecule has 7 heteroatoms. The molecule has 0 aliphatic carbocycles. The predicted molar refractivity (Wildman–Crippen MR) is 108 cm³/mol. The van der Waals surface area contributed by atoms with Gasteiger partial charge in [-0.05, 0) is 36.3 Å². The number of hydrogen-bond acceptors (Lipinski definition) is 5. The van der Waals surface area contributed by atoms with Crippen molar-refractivity contribution in [1.82, 2.24) is 15.2 Å². The topological polar surface area (TPSA) is 70.0 Å². The molecule has 3 N–H and O–H groups in total. The smallest absolute Gasteiger partial charge is 0.184 e. The molecule has 1 fully saturated rings. The standard InChI is InChI=1S/C19H25N5OS/c20-19(26)22-21-14-17-6-7-18(25-17)15-24-12-10-23(11-13-24)9-8-16-4-2-1-3-5-16/h1-7,14H,8-13,15H2,(H3,20,22,26). The van der Waals surface area contributed by atoms with Gasteiger partial charge in [0, 0.05) is 32.7 Å². The van der Waals surface area contributed by atoms with Crippen molar-refractivity contribution in [3.63, 3.8) is 0 Å². The van der Waals surface area contributed by atoms with E-state index in [1.807, 2.05) is 12.1 Å². The van der Waals surface area contributed by atoms with Gasteiger partial charge in [-0.1, -0.05) is 30.3 Å². The molecule has 0 amide bonds. The zero-order chi connectivity index (χ0) is 18.2. The van der Waals surface area contributed by atoms with Crippen molar-refractivity contribution in [2.24, 2.45) is 10.8 Å². The summed E-state index contributed by atoms with van der Waals surface area (Å²) in [6.45, 7) is 6.25. The van der Waals surface area contributed by atoms with Crippen LogP contribution in [0.25, 0.3) is 0 Å². The molecule has 1 aliphatic rings. The maximum atomic E-state index is 5.77. The minimum Gasteiger partial charge on any atom is -0.459 e. The molecular weight excluding hydrogens is 346 g/mol. The molecular formula is C19H25N5OS. The van der Waals surface area contributed by atoms with Gasteiger partial charge in [0.25, 0.3) is 0 Å². The highest BCUT2D eigenvalue weighted by atomic mass is 32.1. The lowest BCUT2D eigenvalue weighted by molar-refractivity contribution is 0.122. The average molecular weight is 372 g/mol. The van der Waals surface area contributed by atoms with Crippen molar-refractivity contribution in [1.29, 1.82) is 0 Å². The van der Waals surface area contributed by atoms with Crippen LogP contribution in [0.3, 0.4) is 0 Å². The van der Waals surface area contributed by atoms with Crippen molar-refractivity contribution < 1.29 is 4.42 Å². The lowest BCUT2D eigenvalue weighted by Gasteiger charge is -2.34. The molecule has 3 rings (SSSR count). The fourth-order valence-corrected chi connectivity index (χ4v) is 3.08. The Labute approximate surface area is 159 Å². The Bertz CT molecular complexity index is 723. The Morgan fingerprint density at radius 2 is 1.85 bits per heavy atom. The molecule has 0 bridgehead atoms. The van der Waals surface area contributed by atoms with E-state index >= 15 is 0 Å². The Hall–Kier alpha value is -2.22. The first-order valence-electron chi connectivity index (χ1n) is 8.85. The van der Waals surface area contributed by atoms with Crippen LogP contribution in [0.15, 0.2) is 52.0 Å². The number of piperazine rings is 1. The monoisotopic (exact) mass is 371 g/mol. The second kappa shape index (κ2) is 9.47. The second-order valence-electron chi connectivity index (χ2n) is 6.39. The summed E-state index contributed by atoms with van der Waals surface area (Å²) >= 11 is 4.69. The second-order valence-corrected chi connectivity index (χ2v) is 6.83. The number of nitrogens with one attached hydrogen (secondary N) is 1. The molecule has 0 spiro atoms. The van der Waals surface area contributed by atoms with Crippen LogP contribution in [0, 0.1) is 0 Å². The predicted octanol–water partition coefficient (Wildman–Crippen LogP) is 1.81. The van der Waals surface area contributed by atoms with Crippen molar-refractivity contribution in [2.45, 2.75) is 13.0 Å². The van der Waals surface area contributed by atoms with Gasteiger partial charge in [-0.2, -0.15) is 5.10 Å². The van der Waals surface area contributed by atoms with E-state index < -0.39 is 0 Å². The van der Waals surface area contributed by atoms with Crippen molar-refractivity contribution >= 4 is 23.5 Å². The van der Waals surface area contributed by atoms with Crippen LogP contribution in [-0.2, 0) is 13.0 Å². The van der Waals surface area contributed by atoms with Gasteiger partial charge in [0.1, 0.15) is 11.5 Å². The number of hydrogen-bond donors (Lipinski definition) is 2. The van der Waals surface area contributed by atoms with E-state index in [0.29, 0.717) is 5.76 Å². The van der Waals surface area contributed by atoms with Gasteiger partial charge in [0.2, 0.25) is 0 Å². The van der Waals surface area contributed by atoms with Crippen molar-refractivity contribution in [3.8, 4) is 0 Å². The third-order valence-corrected chi connectivity index (χ3v) is 4.54. The molecule has 0 unspecified atom stereocenters. The summed E-state index contributed by atoms with van der Waals surface area (Å²) in [5, 5.41) is 4.04. The molecule has 0 saturated carbocycles. The number of thiocarbonyl (C=S) groups is 1. The Morgan fingerprint density at radius 1 is 1.12 bits per heavy atom. The summed E-state index contributed by atoms with van der Waals surface area (Å²) in [5.74, 6) is 1.63. The lowest BCUT2D eigenvalue weighted by Crippen LogP contribution is -2.46. The number of nitrogens with zero attached hydrogens (tertiary/aromatic N) is 3. The van der Waals surface area contributed by atoms with Crippen LogP contribution in [-0.4, -0.2) is 53.9 Å². The molecule has 1 aromatic heterocycles. The van der Waals surface area contributed by atoms with E-state index in [1.54, 1.807) is 6.21 Å². The van der Waals surface area contributed by atoms with Crippen LogP contribution in [0.2, 0.25) is 0 Å². The molecule has 1 aromatic carbocycles. The third-order valence-electron chi connectivity index (χ3n) is 4.45. The third kappa shape index (κ3) is 5.94. The number of rotatable bonds is 7. The highest BCUT2D eigenvalue weighted by molar-refractivity contribution is 7.80. The fourth-order valence-electron chi connectivity index (χ4n) is 3.03. The lowest BCUT2D eigenvalue weighted by atomic mass is 10.1. The van der Waals surface area contributed by atoms with E-state index in [-0.39, 0.29) is 5.11 Å². The highest BCUT2D eigenvalue weighted by Gasteiger charge is 2.17. The first-order chi connectivity index (χ1) is 12.7. The quantitative estimate of drug-likeness (QED) is 0.439. The molecule has 2 aromatic rings. The van der Waals surface area contributed by atoms with E-state index in [0.717, 1.165) is 51.4 Å². The molecule has 0 radical (unpaired) electrons. The van der Waals surface area contributed by atoms with Gasteiger partial charge in [0.05, 0.1) is 12.8 Å². The zero-order valence-electron chi connectivity index (χ0n) is 14.8. The average Bonchev–Trinajstić information content (AvgIpc) is 3.09. The molecule has 6 nitrogen and oxygen atoms in total. The largest absolute Gasteiger partial charge is 0.459 e. The number of benzene rings is 1. The van der Waals surface area contributed by atoms with Gasteiger partial charge in [-0.25, -0.2) is 0 Å². The van der Waals surface area contributed by atoms with Gasteiger partial charge >= 0.3 is 0 Å². The van der Waals surface area contributed by atoms with Gasteiger partial charge in [-0.15, -0.1) is 0 Å². The fraction of sp³-hybridized carbons (Fsp3) is 0.368. The summed E-state index contributed by atoms with van der Waals surface area (Å²) in [5.41, 5.74) is 9.24. The number of furan rings is 1. The van der Waals surface area contributed by atoms with Crippen LogP contribution >= 0.6 is 12.2 Å². The molecule has 138 valence electrons. The molecule has 26 heavy (non-hydrogen) atoms. The minimum atomic E-state index is 0.137. The normalized spacial score (nSPS) is 16.2. The van der Waals surface area contributed by atoms with Crippen LogP contribution in [0.4, 0.5) is 0 Å². The highest BCUT2D eigenvalue weighted by Crippen LogP contribution is 2.12.